The number of aromatic nitrogens is 1. The number of ether oxygens (including phenoxy) is 2. The van der Waals surface area contributed by atoms with Crippen LogP contribution in [0, 0.1) is 5.92 Å². The lowest BCUT2D eigenvalue weighted by Crippen LogP contribution is -2.41. The molecule has 2 aromatic rings. The zero-order valence-corrected chi connectivity index (χ0v) is 21.7. The highest BCUT2D eigenvalue weighted by Gasteiger charge is 2.41. The summed E-state index contributed by atoms with van der Waals surface area (Å²) in [5, 5.41) is 0. The summed E-state index contributed by atoms with van der Waals surface area (Å²) in [6.07, 6.45) is 0.381. The topological polar surface area (TPSA) is 72.0 Å². The second-order valence-electron chi connectivity index (χ2n) is 11.1. The summed E-state index contributed by atoms with van der Waals surface area (Å²) in [7, 11) is 0. The van der Waals surface area contributed by atoms with Crippen molar-refractivity contribution >= 4 is 11.7 Å². The zero-order chi connectivity index (χ0) is 27.1. The average Bonchev–Trinajstić information content (AvgIpc) is 3.66. The van der Waals surface area contributed by atoms with Gasteiger partial charge in [0, 0.05) is 56.4 Å². The van der Waals surface area contributed by atoms with Gasteiger partial charge >= 0.3 is 6.18 Å². The molecule has 3 aliphatic heterocycles. The molecule has 1 aliphatic carbocycles. The number of benzene rings is 1. The molecule has 7 nitrogen and oxygen atoms in total. The molecule has 4 aliphatic rings. The molecule has 3 unspecified atom stereocenters. The maximum absolute atomic E-state index is 13.3. The van der Waals surface area contributed by atoms with Crippen molar-refractivity contribution in [1.29, 1.82) is 0 Å². The Bertz CT molecular complexity index is 1250. The molecule has 0 N–H and O–H groups in total. The van der Waals surface area contributed by atoms with Crippen LogP contribution in [0.3, 0.4) is 0 Å². The van der Waals surface area contributed by atoms with Gasteiger partial charge in [0.1, 0.15) is 6.10 Å². The van der Waals surface area contributed by atoms with Crippen molar-refractivity contribution in [3.63, 3.8) is 0 Å². The van der Waals surface area contributed by atoms with Crippen molar-refractivity contribution in [2.45, 2.75) is 56.5 Å². The van der Waals surface area contributed by atoms with Crippen LogP contribution >= 0.6 is 0 Å². The number of Topliss-reactive ketones (excluding diaryl/α,β-unsaturated/α-hetero) is 1. The standard InChI is InChI=1S/C29H32F3N3O4/c30-29(31,32)21-5-3-18-7-10-34(28(37)24(18)13-21)15-23(36)12-20-14-35(22-8-11-38-17-22)16-26(20)39-25-6-4-19-2-1-9-33-27(19)25/h1-3,5,9,13,20,22,25-26H,4,6-8,10-12,14-17H2/t20?,22?,25?,26-/m0/s1. The molecule has 1 amide bonds. The Labute approximate surface area is 225 Å². The molecule has 1 aromatic carbocycles. The summed E-state index contributed by atoms with van der Waals surface area (Å²) in [6.45, 7) is 3.01. The minimum absolute atomic E-state index is 0.0331. The van der Waals surface area contributed by atoms with E-state index in [9.17, 15) is 22.8 Å². The predicted octanol–water partition coefficient (Wildman–Crippen LogP) is 3.85. The van der Waals surface area contributed by atoms with Crippen LogP contribution in [0.25, 0.3) is 0 Å². The van der Waals surface area contributed by atoms with Gasteiger partial charge in [-0.15, -0.1) is 0 Å². The van der Waals surface area contributed by atoms with E-state index in [-0.39, 0.29) is 42.4 Å². The van der Waals surface area contributed by atoms with Gasteiger partial charge in [0.25, 0.3) is 5.91 Å². The van der Waals surface area contributed by atoms with Gasteiger partial charge in [-0.1, -0.05) is 12.1 Å². The van der Waals surface area contributed by atoms with Crippen LogP contribution < -0.4 is 0 Å². The van der Waals surface area contributed by atoms with E-state index in [1.807, 2.05) is 6.07 Å². The third-order valence-corrected chi connectivity index (χ3v) is 8.54. The maximum Gasteiger partial charge on any atom is 0.416 e. The van der Waals surface area contributed by atoms with Crippen molar-refractivity contribution in [3.8, 4) is 0 Å². The second-order valence-corrected chi connectivity index (χ2v) is 11.1. The third-order valence-electron chi connectivity index (χ3n) is 8.54. The lowest BCUT2D eigenvalue weighted by atomic mass is 9.95. The Morgan fingerprint density at radius 2 is 2.00 bits per heavy atom. The number of nitrogens with zero attached hydrogens (tertiary/aromatic N) is 3. The molecule has 0 saturated carbocycles. The highest BCUT2D eigenvalue weighted by Crippen LogP contribution is 2.37. The van der Waals surface area contributed by atoms with Gasteiger partial charge in [0.15, 0.2) is 5.78 Å². The lowest BCUT2D eigenvalue weighted by Gasteiger charge is -2.29. The lowest BCUT2D eigenvalue weighted by molar-refractivity contribution is -0.137. The summed E-state index contributed by atoms with van der Waals surface area (Å²) in [4.78, 5) is 34.6. The summed E-state index contributed by atoms with van der Waals surface area (Å²) < 4.78 is 51.9. The summed E-state index contributed by atoms with van der Waals surface area (Å²) >= 11 is 0. The molecule has 0 bridgehead atoms. The van der Waals surface area contributed by atoms with E-state index >= 15 is 0 Å². The van der Waals surface area contributed by atoms with Gasteiger partial charge in [-0.2, -0.15) is 13.2 Å². The highest BCUT2D eigenvalue weighted by atomic mass is 19.4. The SMILES string of the molecule is O=C(CC1CN(C2CCOC2)C[C@@H]1OC1CCc2cccnc21)CN1CCc2ccc(C(F)(F)F)cc2C1=O. The van der Waals surface area contributed by atoms with Crippen LogP contribution in [0.1, 0.15) is 58.1 Å². The van der Waals surface area contributed by atoms with E-state index < -0.39 is 17.6 Å². The number of pyridine rings is 1. The van der Waals surface area contributed by atoms with Crippen molar-refractivity contribution in [2.24, 2.45) is 5.92 Å². The second kappa shape index (κ2) is 10.6. The fraction of sp³-hybridized carbons (Fsp3) is 0.552. The van der Waals surface area contributed by atoms with E-state index in [2.05, 4.69) is 16.0 Å². The largest absolute Gasteiger partial charge is 0.416 e. The molecular formula is C29H32F3N3O4. The van der Waals surface area contributed by atoms with Crippen molar-refractivity contribution in [1.82, 2.24) is 14.8 Å². The minimum atomic E-state index is -4.53. The smallest absolute Gasteiger partial charge is 0.380 e. The molecule has 39 heavy (non-hydrogen) atoms. The van der Waals surface area contributed by atoms with Crippen LogP contribution in [0.2, 0.25) is 0 Å². The monoisotopic (exact) mass is 543 g/mol. The maximum atomic E-state index is 13.3. The average molecular weight is 544 g/mol. The molecule has 0 radical (unpaired) electrons. The molecule has 10 heteroatoms. The number of likely N-dealkylation sites (tertiary alicyclic amines) is 1. The number of halogens is 3. The molecule has 6 rings (SSSR count). The number of carbonyl (C=O) groups excluding carboxylic acids is 2. The molecule has 4 atom stereocenters. The van der Waals surface area contributed by atoms with E-state index in [4.69, 9.17) is 9.47 Å². The summed E-state index contributed by atoms with van der Waals surface area (Å²) in [5.74, 6) is -0.671. The third kappa shape index (κ3) is 5.47. The molecule has 0 spiro atoms. The van der Waals surface area contributed by atoms with Crippen LogP contribution in [-0.4, -0.2) is 78.0 Å². The van der Waals surface area contributed by atoms with Gasteiger partial charge < -0.3 is 14.4 Å². The molecule has 1 aromatic heterocycles. The quantitative estimate of drug-likeness (QED) is 0.529. The molecule has 2 saturated heterocycles. The number of hydrogen-bond donors (Lipinski definition) is 0. The van der Waals surface area contributed by atoms with E-state index in [0.717, 1.165) is 43.7 Å². The fourth-order valence-corrected chi connectivity index (χ4v) is 6.47. The number of ketones is 1. The summed E-state index contributed by atoms with van der Waals surface area (Å²) in [6, 6.07) is 7.59. The van der Waals surface area contributed by atoms with Crippen molar-refractivity contribution < 1.29 is 32.2 Å². The van der Waals surface area contributed by atoms with Gasteiger partial charge in [0.05, 0.1) is 30.5 Å². The Morgan fingerprint density at radius 1 is 1.13 bits per heavy atom. The number of amides is 1. The first-order valence-electron chi connectivity index (χ1n) is 13.7. The van der Waals surface area contributed by atoms with E-state index in [1.54, 1.807) is 6.20 Å². The molecular weight excluding hydrogens is 511 g/mol. The first-order chi connectivity index (χ1) is 18.8. The molecule has 2 fully saturated rings. The number of hydrogen-bond acceptors (Lipinski definition) is 6. The predicted molar refractivity (Wildman–Crippen MR) is 135 cm³/mol. The Hall–Kier alpha value is -2.82. The number of aryl methyl sites for hydroxylation is 1. The number of alkyl halides is 3. The Balaban J connectivity index is 1.13. The van der Waals surface area contributed by atoms with Gasteiger partial charge in [-0.25, -0.2) is 0 Å². The van der Waals surface area contributed by atoms with Crippen molar-refractivity contribution in [2.75, 3.05) is 39.4 Å². The first-order valence-corrected chi connectivity index (χ1v) is 13.7. The first kappa shape index (κ1) is 26.4. The number of fused-ring (bicyclic) bond motifs is 2. The van der Waals surface area contributed by atoms with Crippen LogP contribution in [0.4, 0.5) is 13.2 Å². The van der Waals surface area contributed by atoms with Crippen molar-refractivity contribution in [3.05, 3.63) is 64.5 Å². The van der Waals surface area contributed by atoms with Gasteiger partial charge in [-0.3, -0.25) is 19.5 Å². The minimum Gasteiger partial charge on any atom is -0.380 e. The van der Waals surface area contributed by atoms with E-state index in [0.29, 0.717) is 44.3 Å². The van der Waals surface area contributed by atoms with E-state index in [1.165, 1.54) is 16.5 Å². The fourth-order valence-electron chi connectivity index (χ4n) is 6.47. The van der Waals surface area contributed by atoms with Crippen LogP contribution in [0.15, 0.2) is 36.5 Å². The molecule has 4 heterocycles. The van der Waals surface area contributed by atoms with Crippen LogP contribution in [-0.2, 0) is 33.3 Å². The van der Waals surface area contributed by atoms with Crippen LogP contribution in [0.5, 0.6) is 0 Å². The highest BCUT2D eigenvalue weighted by molar-refractivity contribution is 5.99. The van der Waals surface area contributed by atoms with Gasteiger partial charge in [-0.05, 0) is 55.0 Å². The number of carbonyl (C=O) groups is 2. The Morgan fingerprint density at radius 3 is 2.79 bits per heavy atom. The molecule has 208 valence electrons. The zero-order valence-electron chi connectivity index (χ0n) is 21.7. The normalized spacial score (nSPS) is 27.2. The summed E-state index contributed by atoms with van der Waals surface area (Å²) in [5.41, 5.74) is 1.94. The Kier molecular flexibility index (Phi) is 7.20. The van der Waals surface area contributed by atoms with Gasteiger partial charge in [0.2, 0.25) is 0 Å². The number of rotatable bonds is 7.